The number of benzene rings is 1. The lowest BCUT2D eigenvalue weighted by molar-refractivity contribution is -0.128. The van der Waals surface area contributed by atoms with E-state index in [0.717, 1.165) is 66.5 Å². The van der Waals surface area contributed by atoms with Gasteiger partial charge in [0.1, 0.15) is 5.76 Å². The van der Waals surface area contributed by atoms with Crippen LogP contribution in [0.2, 0.25) is 0 Å². The first-order valence-electron chi connectivity index (χ1n) is 11.0. The molecule has 2 heterocycles. The summed E-state index contributed by atoms with van der Waals surface area (Å²) in [6, 6.07) is 8.23. The summed E-state index contributed by atoms with van der Waals surface area (Å²) >= 11 is 0. The molecule has 1 fully saturated rings. The van der Waals surface area contributed by atoms with Crippen molar-refractivity contribution in [2.24, 2.45) is 4.99 Å². The molecule has 30 heavy (non-hydrogen) atoms. The van der Waals surface area contributed by atoms with Crippen LogP contribution in [0.15, 0.2) is 33.8 Å². The van der Waals surface area contributed by atoms with Crippen LogP contribution in [-0.4, -0.2) is 35.0 Å². The molecular weight excluding hydrogens is 378 g/mol. The lowest BCUT2D eigenvalue weighted by Crippen LogP contribution is -2.37. The fourth-order valence-electron chi connectivity index (χ4n) is 3.76. The second-order valence-electron chi connectivity index (χ2n) is 7.47. The van der Waals surface area contributed by atoms with Crippen molar-refractivity contribution in [3.05, 3.63) is 52.4 Å². The van der Waals surface area contributed by atoms with Crippen molar-refractivity contribution in [3.63, 3.8) is 0 Å². The van der Waals surface area contributed by atoms with Gasteiger partial charge in [0.15, 0.2) is 5.96 Å². The lowest BCUT2D eigenvalue weighted by atomic mass is 10.1. The number of hydrogen-bond donors (Lipinski definition) is 2. The van der Waals surface area contributed by atoms with Crippen molar-refractivity contribution < 1.29 is 9.32 Å². The first kappa shape index (κ1) is 21.9. The number of aryl methyl sites for hydroxylation is 2. The molecule has 2 N–H and O–H groups in total. The van der Waals surface area contributed by atoms with Crippen LogP contribution in [0.4, 0.5) is 0 Å². The molecule has 3 rings (SSSR count). The average Bonchev–Trinajstić information content (AvgIpc) is 3.36. The molecule has 1 saturated heterocycles. The van der Waals surface area contributed by atoms with Crippen LogP contribution >= 0.6 is 0 Å². The molecule has 0 aliphatic carbocycles. The van der Waals surface area contributed by atoms with Gasteiger partial charge in [-0.05, 0) is 30.9 Å². The molecule has 0 atom stereocenters. The first-order chi connectivity index (χ1) is 14.7. The molecule has 7 nitrogen and oxygen atoms in total. The third kappa shape index (κ3) is 5.40. The molecule has 1 amide bonds. The van der Waals surface area contributed by atoms with Crippen LogP contribution in [-0.2, 0) is 37.3 Å². The maximum absolute atomic E-state index is 12.0. The summed E-state index contributed by atoms with van der Waals surface area (Å²) in [5.74, 6) is 1.93. The van der Waals surface area contributed by atoms with Crippen molar-refractivity contribution in [1.29, 1.82) is 0 Å². The van der Waals surface area contributed by atoms with E-state index >= 15 is 0 Å². The molecule has 0 bridgehead atoms. The van der Waals surface area contributed by atoms with Crippen LogP contribution in [0.1, 0.15) is 61.8 Å². The average molecular weight is 412 g/mol. The Labute approximate surface area is 178 Å². The second-order valence-corrected chi connectivity index (χ2v) is 7.47. The minimum Gasteiger partial charge on any atom is -0.361 e. The summed E-state index contributed by atoms with van der Waals surface area (Å²) in [7, 11) is 0. The van der Waals surface area contributed by atoms with Gasteiger partial charge < -0.3 is 20.1 Å². The minimum atomic E-state index is 0.246. The molecule has 1 aliphatic rings. The molecule has 162 valence electrons. The summed E-state index contributed by atoms with van der Waals surface area (Å²) in [4.78, 5) is 18.7. The molecule has 1 aromatic heterocycles. The Hall–Kier alpha value is -2.83. The van der Waals surface area contributed by atoms with Gasteiger partial charge in [-0.25, -0.2) is 4.99 Å². The number of carbonyl (C=O) groups is 1. The summed E-state index contributed by atoms with van der Waals surface area (Å²) < 4.78 is 5.46. The van der Waals surface area contributed by atoms with Crippen LogP contribution in [0.5, 0.6) is 0 Å². The number of guanidine groups is 1. The maximum Gasteiger partial charge on any atom is 0.222 e. The van der Waals surface area contributed by atoms with Crippen molar-refractivity contribution in [2.45, 2.75) is 66.1 Å². The van der Waals surface area contributed by atoms with Gasteiger partial charge >= 0.3 is 0 Å². The number of carbonyl (C=O) groups excluding carboxylic acids is 1. The van der Waals surface area contributed by atoms with Crippen molar-refractivity contribution >= 4 is 11.9 Å². The van der Waals surface area contributed by atoms with Crippen molar-refractivity contribution in [1.82, 2.24) is 20.7 Å². The summed E-state index contributed by atoms with van der Waals surface area (Å²) in [5, 5.41) is 10.9. The fourth-order valence-corrected chi connectivity index (χ4v) is 3.76. The molecule has 7 heteroatoms. The topological polar surface area (TPSA) is 82.8 Å². The standard InChI is InChI=1S/C23H33N5O2/c1-4-20-19(21(5-2)30-27-20)15-26-23(24-6-3)25-14-17-10-7-8-11-18(17)16-28-13-9-12-22(28)29/h7-8,10-11H,4-6,9,12-16H2,1-3H3,(H2,24,25,26). The Morgan fingerprint density at radius 2 is 1.97 bits per heavy atom. The monoisotopic (exact) mass is 411 g/mol. The highest BCUT2D eigenvalue weighted by atomic mass is 16.5. The van der Waals surface area contributed by atoms with E-state index in [9.17, 15) is 4.79 Å². The van der Waals surface area contributed by atoms with Gasteiger partial charge in [0.25, 0.3) is 0 Å². The van der Waals surface area contributed by atoms with Gasteiger partial charge in [0.2, 0.25) is 5.91 Å². The molecule has 1 aromatic carbocycles. The highest BCUT2D eigenvalue weighted by Gasteiger charge is 2.21. The largest absolute Gasteiger partial charge is 0.361 e. The van der Waals surface area contributed by atoms with E-state index in [1.54, 1.807) is 0 Å². The third-order valence-electron chi connectivity index (χ3n) is 5.44. The SMILES string of the molecule is CCNC(=NCc1ccccc1CN1CCCC1=O)NCc1c(CC)noc1CC. The highest BCUT2D eigenvalue weighted by Crippen LogP contribution is 2.18. The number of nitrogens with one attached hydrogen (secondary N) is 2. The first-order valence-corrected chi connectivity index (χ1v) is 11.0. The fraction of sp³-hybridized carbons (Fsp3) is 0.522. The number of nitrogens with zero attached hydrogens (tertiary/aromatic N) is 3. The van der Waals surface area contributed by atoms with Crippen molar-refractivity contribution in [3.8, 4) is 0 Å². The van der Waals surface area contributed by atoms with Gasteiger partial charge in [0, 0.05) is 44.6 Å². The third-order valence-corrected chi connectivity index (χ3v) is 5.44. The van der Waals surface area contributed by atoms with Gasteiger partial charge in [-0.3, -0.25) is 4.79 Å². The number of hydrogen-bond acceptors (Lipinski definition) is 4. The van der Waals surface area contributed by atoms with E-state index in [2.05, 4.69) is 48.7 Å². The van der Waals surface area contributed by atoms with E-state index in [4.69, 9.17) is 9.52 Å². The van der Waals surface area contributed by atoms with Crippen LogP contribution in [0.3, 0.4) is 0 Å². The number of amides is 1. The Balaban J connectivity index is 1.69. The molecule has 0 radical (unpaired) electrons. The number of aromatic nitrogens is 1. The zero-order valence-electron chi connectivity index (χ0n) is 18.3. The summed E-state index contributed by atoms with van der Waals surface area (Å²) in [6.07, 6.45) is 3.28. The number of aliphatic imine (C=N–C) groups is 1. The van der Waals surface area contributed by atoms with Gasteiger partial charge in [-0.1, -0.05) is 43.3 Å². The molecule has 0 unspecified atom stereocenters. The van der Waals surface area contributed by atoms with Gasteiger partial charge in [0.05, 0.1) is 12.2 Å². The zero-order valence-corrected chi connectivity index (χ0v) is 18.3. The van der Waals surface area contributed by atoms with Crippen molar-refractivity contribution in [2.75, 3.05) is 13.1 Å². The van der Waals surface area contributed by atoms with Gasteiger partial charge in [-0.15, -0.1) is 0 Å². The smallest absolute Gasteiger partial charge is 0.222 e. The van der Waals surface area contributed by atoms with Gasteiger partial charge in [-0.2, -0.15) is 0 Å². The van der Waals surface area contributed by atoms with E-state index < -0.39 is 0 Å². The minimum absolute atomic E-state index is 0.246. The molecule has 0 spiro atoms. The van der Waals surface area contributed by atoms with Crippen LogP contribution in [0.25, 0.3) is 0 Å². The Morgan fingerprint density at radius 1 is 1.17 bits per heavy atom. The summed E-state index contributed by atoms with van der Waals surface area (Å²) in [6.45, 7) is 9.68. The Kier molecular flexibility index (Phi) is 7.88. The maximum atomic E-state index is 12.0. The Bertz CT molecular complexity index is 853. The zero-order chi connectivity index (χ0) is 21.3. The summed E-state index contributed by atoms with van der Waals surface area (Å²) in [5.41, 5.74) is 4.42. The second kappa shape index (κ2) is 10.8. The van der Waals surface area contributed by atoms with E-state index in [1.807, 2.05) is 17.0 Å². The lowest BCUT2D eigenvalue weighted by Gasteiger charge is -2.18. The number of rotatable bonds is 9. The van der Waals surface area contributed by atoms with Crippen LogP contribution in [0, 0.1) is 0 Å². The normalized spacial score (nSPS) is 14.4. The highest BCUT2D eigenvalue weighted by molar-refractivity contribution is 5.80. The predicted octanol–water partition coefficient (Wildman–Crippen LogP) is 3.18. The molecule has 1 aliphatic heterocycles. The van der Waals surface area contributed by atoms with E-state index in [1.165, 1.54) is 0 Å². The Morgan fingerprint density at radius 3 is 2.63 bits per heavy atom. The molecule has 2 aromatic rings. The van der Waals surface area contributed by atoms with Crippen LogP contribution < -0.4 is 10.6 Å². The predicted molar refractivity (Wildman–Crippen MR) is 118 cm³/mol. The quantitative estimate of drug-likeness (QED) is 0.489. The number of likely N-dealkylation sites (tertiary alicyclic amines) is 1. The molecule has 0 saturated carbocycles. The van der Waals surface area contributed by atoms with E-state index in [0.29, 0.717) is 26.1 Å². The van der Waals surface area contributed by atoms with E-state index in [-0.39, 0.29) is 5.91 Å². The molecular formula is C23H33N5O2.